The summed E-state index contributed by atoms with van der Waals surface area (Å²) in [6, 6.07) is 3.57. The van der Waals surface area contributed by atoms with E-state index in [4.69, 9.17) is 16.0 Å². The molecule has 1 N–H and O–H groups in total. The summed E-state index contributed by atoms with van der Waals surface area (Å²) in [5.41, 5.74) is 0. The van der Waals surface area contributed by atoms with Crippen LogP contribution in [0.1, 0.15) is 31.6 Å². The molecule has 0 radical (unpaired) electrons. The van der Waals surface area contributed by atoms with Crippen molar-refractivity contribution in [2.24, 2.45) is 0 Å². The van der Waals surface area contributed by atoms with E-state index in [1.54, 1.807) is 12.3 Å². The van der Waals surface area contributed by atoms with E-state index in [9.17, 15) is 4.79 Å². The van der Waals surface area contributed by atoms with E-state index in [2.05, 4.69) is 5.32 Å². The molecule has 1 unspecified atom stereocenters. The molecule has 14 heavy (non-hydrogen) atoms. The number of nitrogens with one attached hydrogen (secondary N) is 1. The SMILES string of the molecule is CC(NC(=O)CCCCl)c1ccco1. The van der Waals surface area contributed by atoms with Crippen molar-refractivity contribution in [3.63, 3.8) is 0 Å². The molecule has 1 aromatic heterocycles. The second-order valence-electron chi connectivity index (χ2n) is 3.10. The molecule has 1 rings (SSSR count). The smallest absolute Gasteiger partial charge is 0.220 e. The van der Waals surface area contributed by atoms with Crippen LogP contribution in [0.15, 0.2) is 22.8 Å². The van der Waals surface area contributed by atoms with Gasteiger partial charge in [0.25, 0.3) is 0 Å². The van der Waals surface area contributed by atoms with Crippen molar-refractivity contribution in [2.75, 3.05) is 5.88 Å². The topological polar surface area (TPSA) is 42.2 Å². The van der Waals surface area contributed by atoms with Gasteiger partial charge in [0.2, 0.25) is 5.91 Å². The van der Waals surface area contributed by atoms with Crippen LogP contribution in [0.3, 0.4) is 0 Å². The molecule has 0 aliphatic rings. The van der Waals surface area contributed by atoms with Gasteiger partial charge in [0.15, 0.2) is 0 Å². The average molecular weight is 216 g/mol. The minimum Gasteiger partial charge on any atom is -0.467 e. The molecular formula is C10H14ClNO2. The Morgan fingerprint density at radius 3 is 3.07 bits per heavy atom. The highest BCUT2D eigenvalue weighted by Gasteiger charge is 2.10. The van der Waals surface area contributed by atoms with Crippen molar-refractivity contribution in [3.8, 4) is 0 Å². The van der Waals surface area contributed by atoms with E-state index >= 15 is 0 Å². The molecule has 1 amide bonds. The van der Waals surface area contributed by atoms with Crippen LogP contribution in [-0.4, -0.2) is 11.8 Å². The van der Waals surface area contributed by atoms with Gasteiger partial charge in [-0.25, -0.2) is 0 Å². The lowest BCUT2D eigenvalue weighted by molar-refractivity contribution is -0.121. The second-order valence-corrected chi connectivity index (χ2v) is 3.48. The maximum absolute atomic E-state index is 11.3. The van der Waals surface area contributed by atoms with Gasteiger partial charge in [-0.3, -0.25) is 4.79 Å². The number of amides is 1. The van der Waals surface area contributed by atoms with E-state index in [0.717, 1.165) is 5.76 Å². The minimum absolute atomic E-state index is 0.00884. The van der Waals surface area contributed by atoms with Gasteiger partial charge in [0.05, 0.1) is 12.3 Å². The molecule has 1 aromatic rings. The van der Waals surface area contributed by atoms with Gasteiger partial charge in [-0.1, -0.05) is 0 Å². The summed E-state index contributed by atoms with van der Waals surface area (Å²) in [7, 11) is 0. The first-order valence-corrected chi connectivity index (χ1v) is 5.16. The number of hydrogen-bond acceptors (Lipinski definition) is 2. The highest BCUT2D eigenvalue weighted by Crippen LogP contribution is 2.12. The summed E-state index contributed by atoms with van der Waals surface area (Å²) in [4.78, 5) is 11.3. The third-order valence-corrected chi connectivity index (χ3v) is 2.15. The van der Waals surface area contributed by atoms with Gasteiger partial charge in [-0.05, 0) is 25.5 Å². The molecule has 0 saturated carbocycles. The van der Waals surface area contributed by atoms with Crippen molar-refractivity contribution in [2.45, 2.75) is 25.8 Å². The fraction of sp³-hybridized carbons (Fsp3) is 0.500. The molecule has 78 valence electrons. The number of halogens is 1. The Bertz CT molecular complexity index is 272. The quantitative estimate of drug-likeness (QED) is 0.767. The molecule has 0 bridgehead atoms. The average Bonchev–Trinajstić information content (AvgIpc) is 2.67. The lowest BCUT2D eigenvalue weighted by atomic mass is 10.2. The number of rotatable bonds is 5. The van der Waals surface area contributed by atoms with Crippen molar-refractivity contribution in [3.05, 3.63) is 24.2 Å². The molecule has 1 atom stereocenters. The number of carbonyl (C=O) groups is 1. The third-order valence-electron chi connectivity index (χ3n) is 1.88. The van der Waals surface area contributed by atoms with Gasteiger partial charge in [-0.2, -0.15) is 0 Å². The summed E-state index contributed by atoms with van der Waals surface area (Å²) in [6.07, 6.45) is 2.77. The number of furan rings is 1. The van der Waals surface area contributed by atoms with Crippen LogP contribution in [0.2, 0.25) is 0 Å². The van der Waals surface area contributed by atoms with Crippen molar-refractivity contribution >= 4 is 17.5 Å². The zero-order chi connectivity index (χ0) is 10.4. The Balaban J connectivity index is 2.33. The fourth-order valence-corrected chi connectivity index (χ4v) is 1.28. The van der Waals surface area contributed by atoms with Gasteiger partial charge in [0.1, 0.15) is 5.76 Å². The van der Waals surface area contributed by atoms with E-state index < -0.39 is 0 Å². The Morgan fingerprint density at radius 2 is 2.50 bits per heavy atom. The molecule has 4 heteroatoms. The molecule has 0 spiro atoms. The first-order chi connectivity index (χ1) is 6.74. The highest BCUT2D eigenvalue weighted by atomic mass is 35.5. The predicted octanol–water partition coefficient (Wildman–Crippen LogP) is 2.48. The molecule has 1 heterocycles. The molecule has 0 aromatic carbocycles. The number of hydrogen-bond donors (Lipinski definition) is 1. The first kappa shape index (κ1) is 11.1. The Hall–Kier alpha value is -0.960. The molecule has 0 aliphatic carbocycles. The molecular weight excluding hydrogens is 202 g/mol. The summed E-state index contributed by atoms with van der Waals surface area (Å²) in [5, 5.41) is 2.83. The maximum atomic E-state index is 11.3. The third kappa shape index (κ3) is 3.42. The standard InChI is InChI=1S/C10H14ClNO2/c1-8(9-4-3-7-14-9)12-10(13)5-2-6-11/h3-4,7-8H,2,5-6H2,1H3,(H,12,13). The van der Waals surface area contributed by atoms with Crippen molar-refractivity contribution in [1.29, 1.82) is 0 Å². The van der Waals surface area contributed by atoms with Crippen LogP contribution in [0.4, 0.5) is 0 Å². The molecule has 0 aliphatic heterocycles. The van der Waals surface area contributed by atoms with Gasteiger partial charge in [0, 0.05) is 12.3 Å². The van der Waals surface area contributed by atoms with E-state index in [1.807, 2.05) is 13.0 Å². The van der Waals surface area contributed by atoms with Crippen LogP contribution in [0.5, 0.6) is 0 Å². The number of carbonyl (C=O) groups excluding carboxylic acids is 1. The van der Waals surface area contributed by atoms with Gasteiger partial charge >= 0.3 is 0 Å². The monoisotopic (exact) mass is 215 g/mol. The predicted molar refractivity (Wildman–Crippen MR) is 55.2 cm³/mol. The summed E-state index contributed by atoms with van der Waals surface area (Å²) >= 11 is 5.48. The molecule has 0 saturated heterocycles. The van der Waals surface area contributed by atoms with Crippen LogP contribution in [0, 0.1) is 0 Å². The van der Waals surface area contributed by atoms with Crippen LogP contribution >= 0.6 is 11.6 Å². The normalized spacial score (nSPS) is 12.4. The Kier molecular flexibility index (Phi) is 4.53. The lowest BCUT2D eigenvalue weighted by Gasteiger charge is -2.10. The molecule has 0 fully saturated rings. The Morgan fingerprint density at radius 1 is 1.71 bits per heavy atom. The lowest BCUT2D eigenvalue weighted by Crippen LogP contribution is -2.26. The van der Waals surface area contributed by atoms with Crippen LogP contribution in [0.25, 0.3) is 0 Å². The Labute approximate surface area is 88.4 Å². The minimum atomic E-state index is -0.0761. The van der Waals surface area contributed by atoms with E-state index in [0.29, 0.717) is 18.7 Å². The van der Waals surface area contributed by atoms with Gasteiger partial charge in [-0.15, -0.1) is 11.6 Å². The zero-order valence-electron chi connectivity index (χ0n) is 8.13. The maximum Gasteiger partial charge on any atom is 0.220 e. The first-order valence-electron chi connectivity index (χ1n) is 4.62. The van der Waals surface area contributed by atoms with Crippen LogP contribution < -0.4 is 5.32 Å². The zero-order valence-corrected chi connectivity index (χ0v) is 8.88. The highest BCUT2D eigenvalue weighted by molar-refractivity contribution is 6.17. The largest absolute Gasteiger partial charge is 0.467 e. The van der Waals surface area contributed by atoms with Crippen molar-refractivity contribution in [1.82, 2.24) is 5.32 Å². The summed E-state index contributed by atoms with van der Waals surface area (Å²) in [6.45, 7) is 1.89. The van der Waals surface area contributed by atoms with E-state index in [-0.39, 0.29) is 11.9 Å². The second kappa shape index (κ2) is 5.70. The van der Waals surface area contributed by atoms with E-state index in [1.165, 1.54) is 0 Å². The summed E-state index contributed by atoms with van der Waals surface area (Å²) < 4.78 is 5.16. The molecule has 3 nitrogen and oxygen atoms in total. The van der Waals surface area contributed by atoms with Crippen LogP contribution in [-0.2, 0) is 4.79 Å². The van der Waals surface area contributed by atoms with Gasteiger partial charge < -0.3 is 9.73 Å². The van der Waals surface area contributed by atoms with Crippen molar-refractivity contribution < 1.29 is 9.21 Å². The summed E-state index contributed by atoms with van der Waals surface area (Å²) in [5.74, 6) is 1.29. The fourth-order valence-electron chi connectivity index (χ4n) is 1.15. The number of alkyl halides is 1.